The quantitative estimate of drug-likeness (QED) is 0.723. The number of benzene rings is 1. The van der Waals surface area contributed by atoms with Gasteiger partial charge in [-0.15, -0.1) is 0 Å². The number of aromatic nitrogens is 2. The predicted molar refractivity (Wildman–Crippen MR) is 71.9 cm³/mol. The molecule has 21 heavy (non-hydrogen) atoms. The molecule has 3 aromatic rings. The molecule has 3 nitrogen and oxygen atoms in total. The number of carbonyl (C=O) groups excluding carboxylic acids is 1. The van der Waals surface area contributed by atoms with Crippen molar-refractivity contribution in [3.05, 3.63) is 53.9 Å². The molecule has 1 aromatic carbocycles. The largest absolute Gasteiger partial charge is 0.418 e. The first-order chi connectivity index (χ1) is 10.0. The first-order valence-electron chi connectivity index (χ1n) is 6.10. The number of fused-ring (bicyclic) bond motifs is 1. The average molecular weight is 290 g/mol. The van der Waals surface area contributed by atoms with E-state index in [2.05, 4.69) is 9.97 Å². The number of rotatable bonds is 2. The van der Waals surface area contributed by atoms with Gasteiger partial charge >= 0.3 is 6.18 Å². The molecule has 0 amide bonds. The molecule has 0 fully saturated rings. The van der Waals surface area contributed by atoms with Crippen LogP contribution in [0.15, 0.2) is 42.7 Å². The molecule has 0 saturated heterocycles. The number of para-hydroxylation sites is 1. The van der Waals surface area contributed by atoms with E-state index in [1.54, 1.807) is 18.3 Å². The summed E-state index contributed by atoms with van der Waals surface area (Å²) in [4.78, 5) is 18.0. The normalized spacial score (nSPS) is 11.8. The summed E-state index contributed by atoms with van der Waals surface area (Å²) in [5.41, 5.74) is 0.210. The number of H-pyrrole nitrogens is 1. The van der Waals surface area contributed by atoms with Crippen LogP contribution in [0.3, 0.4) is 0 Å². The van der Waals surface area contributed by atoms with E-state index < -0.39 is 11.7 Å². The Hall–Kier alpha value is -2.63. The standard InChI is InChI=1S/C15H9F3N2O/c16-15(17,18)12-5-1-4-10-11(8-21)13(20-14(10)12)9-3-2-6-19-7-9/h1-8,20H. The Kier molecular flexibility index (Phi) is 3.01. The highest BCUT2D eigenvalue weighted by atomic mass is 19.4. The number of hydrogen-bond acceptors (Lipinski definition) is 2. The molecule has 0 aliphatic carbocycles. The second-order valence-electron chi connectivity index (χ2n) is 4.50. The summed E-state index contributed by atoms with van der Waals surface area (Å²) in [5, 5.41) is 0.249. The predicted octanol–water partition coefficient (Wildman–Crippen LogP) is 4.06. The van der Waals surface area contributed by atoms with E-state index in [0.717, 1.165) is 6.07 Å². The molecule has 6 heteroatoms. The van der Waals surface area contributed by atoms with Crippen molar-refractivity contribution in [2.75, 3.05) is 0 Å². The van der Waals surface area contributed by atoms with Crippen LogP contribution in [0.4, 0.5) is 13.2 Å². The zero-order valence-electron chi connectivity index (χ0n) is 10.6. The van der Waals surface area contributed by atoms with Gasteiger partial charge in [0.1, 0.15) is 0 Å². The van der Waals surface area contributed by atoms with Crippen molar-refractivity contribution in [3.8, 4) is 11.3 Å². The van der Waals surface area contributed by atoms with Crippen molar-refractivity contribution in [1.29, 1.82) is 0 Å². The highest BCUT2D eigenvalue weighted by Crippen LogP contribution is 2.37. The molecule has 0 aliphatic rings. The molecular formula is C15H9F3N2O. The van der Waals surface area contributed by atoms with Crippen LogP contribution in [0.25, 0.3) is 22.2 Å². The Morgan fingerprint density at radius 2 is 1.95 bits per heavy atom. The topological polar surface area (TPSA) is 45.8 Å². The van der Waals surface area contributed by atoms with Crippen LogP contribution in [0, 0.1) is 0 Å². The van der Waals surface area contributed by atoms with Crippen LogP contribution < -0.4 is 0 Å². The summed E-state index contributed by atoms with van der Waals surface area (Å²) < 4.78 is 39.1. The molecule has 0 atom stereocenters. The number of nitrogens with zero attached hydrogens (tertiary/aromatic N) is 1. The molecule has 2 heterocycles. The van der Waals surface area contributed by atoms with Crippen molar-refractivity contribution < 1.29 is 18.0 Å². The fourth-order valence-corrected chi connectivity index (χ4v) is 2.34. The molecule has 1 N–H and O–H groups in total. The number of nitrogens with one attached hydrogen (secondary N) is 1. The van der Waals surface area contributed by atoms with E-state index in [1.165, 1.54) is 18.3 Å². The SMILES string of the molecule is O=Cc1c(-c2cccnc2)[nH]c2c(C(F)(F)F)cccc12. The number of halogens is 3. The van der Waals surface area contributed by atoms with E-state index in [1.807, 2.05) is 0 Å². The van der Waals surface area contributed by atoms with E-state index in [9.17, 15) is 18.0 Å². The molecule has 0 bridgehead atoms. The molecule has 0 unspecified atom stereocenters. The van der Waals surface area contributed by atoms with Crippen LogP contribution in [-0.2, 0) is 6.18 Å². The number of pyridine rings is 1. The third-order valence-corrected chi connectivity index (χ3v) is 3.25. The van der Waals surface area contributed by atoms with Gasteiger partial charge in [0.15, 0.2) is 6.29 Å². The van der Waals surface area contributed by atoms with Gasteiger partial charge < -0.3 is 4.98 Å². The van der Waals surface area contributed by atoms with Crippen LogP contribution in [-0.4, -0.2) is 16.3 Å². The number of alkyl halides is 3. The summed E-state index contributed by atoms with van der Waals surface area (Å²) in [5.74, 6) is 0. The molecule has 0 spiro atoms. The minimum atomic E-state index is -4.49. The Labute approximate surface area is 117 Å². The Bertz CT molecular complexity index is 807. The molecule has 3 rings (SSSR count). The highest BCUT2D eigenvalue weighted by molar-refractivity contribution is 6.05. The van der Waals surface area contributed by atoms with Gasteiger partial charge in [0.05, 0.1) is 16.8 Å². The first kappa shape index (κ1) is 13.4. The van der Waals surface area contributed by atoms with Gasteiger partial charge in [0.2, 0.25) is 0 Å². The lowest BCUT2D eigenvalue weighted by Gasteiger charge is -2.07. The third-order valence-electron chi connectivity index (χ3n) is 3.25. The minimum absolute atomic E-state index is 0.0917. The summed E-state index contributed by atoms with van der Waals surface area (Å²) in [6.07, 6.45) is -0.892. The summed E-state index contributed by atoms with van der Waals surface area (Å²) in [6, 6.07) is 7.10. The maximum absolute atomic E-state index is 13.0. The molecule has 0 aliphatic heterocycles. The van der Waals surface area contributed by atoms with Crippen molar-refractivity contribution >= 4 is 17.2 Å². The molecular weight excluding hydrogens is 281 g/mol. The maximum Gasteiger partial charge on any atom is 0.418 e. The molecule has 0 radical (unpaired) electrons. The van der Waals surface area contributed by atoms with Gasteiger partial charge in [0, 0.05) is 28.9 Å². The highest BCUT2D eigenvalue weighted by Gasteiger charge is 2.33. The lowest BCUT2D eigenvalue weighted by Crippen LogP contribution is -2.05. The number of carbonyl (C=O) groups is 1. The van der Waals surface area contributed by atoms with Gasteiger partial charge in [0.25, 0.3) is 0 Å². The van der Waals surface area contributed by atoms with Crippen LogP contribution in [0.1, 0.15) is 15.9 Å². The lowest BCUT2D eigenvalue weighted by atomic mass is 10.1. The molecule has 2 aromatic heterocycles. The zero-order valence-corrected chi connectivity index (χ0v) is 10.6. The number of hydrogen-bond donors (Lipinski definition) is 1. The van der Waals surface area contributed by atoms with Gasteiger partial charge in [-0.3, -0.25) is 9.78 Å². The lowest BCUT2D eigenvalue weighted by molar-refractivity contribution is -0.136. The summed E-state index contributed by atoms with van der Waals surface area (Å²) >= 11 is 0. The van der Waals surface area contributed by atoms with Gasteiger partial charge in [-0.2, -0.15) is 13.2 Å². The van der Waals surface area contributed by atoms with Crippen LogP contribution >= 0.6 is 0 Å². The smallest absolute Gasteiger partial charge is 0.353 e. The fourth-order valence-electron chi connectivity index (χ4n) is 2.34. The first-order valence-corrected chi connectivity index (χ1v) is 6.10. The van der Waals surface area contributed by atoms with E-state index in [4.69, 9.17) is 0 Å². The Morgan fingerprint density at radius 1 is 1.14 bits per heavy atom. The monoisotopic (exact) mass is 290 g/mol. The molecule has 0 saturated carbocycles. The second-order valence-corrected chi connectivity index (χ2v) is 4.50. The minimum Gasteiger partial charge on any atom is -0.353 e. The number of aromatic amines is 1. The van der Waals surface area contributed by atoms with Gasteiger partial charge in [-0.05, 0) is 18.2 Å². The van der Waals surface area contributed by atoms with E-state index >= 15 is 0 Å². The number of aldehydes is 1. The van der Waals surface area contributed by atoms with Crippen molar-refractivity contribution in [3.63, 3.8) is 0 Å². The average Bonchev–Trinajstić information content (AvgIpc) is 2.85. The fraction of sp³-hybridized carbons (Fsp3) is 0.0667. The van der Waals surface area contributed by atoms with Gasteiger partial charge in [-0.1, -0.05) is 12.1 Å². The van der Waals surface area contributed by atoms with Crippen LogP contribution in [0.5, 0.6) is 0 Å². The van der Waals surface area contributed by atoms with Gasteiger partial charge in [-0.25, -0.2) is 0 Å². The summed E-state index contributed by atoms with van der Waals surface area (Å²) in [7, 11) is 0. The molecule has 106 valence electrons. The van der Waals surface area contributed by atoms with Crippen molar-refractivity contribution in [2.24, 2.45) is 0 Å². The van der Waals surface area contributed by atoms with Crippen LogP contribution in [0.2, 0.25) is 0 Å². The van der Waals surface area contributed by atoms with Crippen molar-refractivity contribution in [2.45, 2.75) is 6.18 Å². The zero-order chi connectivity index (χ0) is 15.0. The summed E-state index contributed by atoms with van der Waals surface area (Å²) in [6.45, 7) is 0. The van der Waals surface area contributed by atoms with Crippen molar-refractivity contribution in [1.82, 2.24) is 9.97 Å². The Morgan fingerprint density at radius 3 is 2.57 bits per heavy atom. The maximum atomic E-state index is 13.0. The van der Waals surface area contributed by atoms with E-state index in [0.29, 0.717) is 17.5 Å². The Balaban J connectivity index is 2.36. The second kappa shape index (κ2) is 4.73. The third kappa shape index (κ3) is 2.18. The van der Waals surface area contributed by atoms with E-state index in [-0.39, 0.29) is 16.5 Å².